The molecule has 68 valence electrons. The maximum atomic E-state index is 10.6. The van der Waals surface area contributed by atoms with Crippen molar-refractivity contribution in [3.63, 3.8) is 0 Å². The summed E-state index contributed by atoms with van der Waals surface area (Å²) in [7, 11) is 0. The standard InChI is InChI=1S/C10H17NO/c11-10(8-12)6-9(7-10)4-2-1-3-5-9/h8H,1-7,11H2. The van der Waals surface area contributed by atoms with Gasteiger partial charge in [0.1, 0.15) is 6.29 Å². The molecule has 0 saturated heterocycles. The van der Waals surface area contributed by atoms with Gasteiger partial charge >= 0.3 is 0 Å². The van der Waals surface area contributed by atoms with Crippen LogP contribution < -0.4 is 5.73 Å². The summed E-state index contributed by atoms with van der Waals surface area (Å²) in [5.74, 6) is 0. The Morgan fingerprint density at radius 3 is 2.17 bits per heavy atom. The van der Waals surface area contributed by atoms with Crippen molar-refractivity contribution in [3.8, 4) is 0 Å². The zero-order chi connectivity index (χ0) is 8.66. The first-order valence-electron chi connectivity index (χ1n) is 4.93. The molecule has 2 saturated carbocycles. The molecule has 0 aromatic heterocycles. The molecule has 0 bridgehead atoms. The van der Waals surface area contributed by atoms with Crippen molar-refractivity contribution in [2.75, 3.05) is 0 Å². The third kappa shape index (κ3) is 1.18. The molecular formula is C10H17NO. The quantitative estimate of drug-likeness (QED) is 0.603. The molecule has 12 heavy (non-hydrogen) atoms. The van der Waals surface area contributed by atoms with Crippen LogP contribution in [0.15, 0.2) is 0 Å². The van der Waals surface area contributed by atoms with Crippen molar-refractivity contribution in [3.05, 3.63) is 0 Å². The number of carbonyl (C=O) groups is 1. The van der Waals surface area contributed by atoms with Crippen LogP contribution in [-0.2, 0) is 4.79 Å². The fraction of sp³-hybridized carbons (Fsp3) is 0.900. The van der Waals surface area contributed by atoms with Crippen molar-refractivity contribution >= 4 is 6.29 Å². The van der Waals surface area contributed by atoms with Crippen LogP contribution in [0.3, 0.4) is 0 Å². The molecular weight excluding hydrogens is 150 g/mol. The molecule has 0 unspecified atom stereocenters. The second-order valence-corrected chi connectivity index (χ2v) is 4.77. The lowest BCUT2D eigenvalue weighted by Gasteiger charge is -2.54. The van der Waals surface area contributed by atoms with E-state index < -0.39 is 5.54 Å². The Hall–Kier alpha value is -0.370. The molecule has 2 aliphatic carbocycles. The van der Waals surface area contributed by atoms with Crippen molar-refractivity contribution < 1.29 is 4.79 Å². The first kappa shape index (κ1) is 8.24. The molecule has 0 aromatic carbocycles. The average Bonchev–Trinajstić information content (AvgIpc) is 2.04. The summed E-state index contributed by atoms with van der Waals surface area (Å²) in [5, 5.41) is 0. The molecule has 1 spiro atoms. The van der Waals surface area contributed by atoms with Gasteiger partial charge in [-0.25, -0.2) is 0 Å². The smallest absolute Gasteiger partial charge is 0.139 e. The minimum absolute atomic E-state index is 0.447. The van der Waals surface area contributed by atoms with Gasteiger partial charge in [0.05, 0.1) is 5.54 Å². The van der Waals surface area contributed by atoms with Gasteiger partial charge in [-0.3, -0.25) is 0 Å². The second-order valence-electron chi connectivity index (χ2n) is 4.77. The topological polar surface area (TPSA) is 43.1 Å². The summed E-state index contributed by atoms with van der Waals surface area (Å²) in [6.45, 7) is 0. The summed E-state index contributed by atoms with van der Waals surface area (Å²) < 4.78 is 0. The van der Waals surface area contributed by atoms with Crippen LogP contribution in [0.5, 0.6) is 0 Å². The Balaban J connectivity index is 1.96. The Labute approximate surface area is 73.5 Å². The predicted octanol–water partition coefficient (Wildman–Crippen LogP) is 1.63. The zero-order valence-corrected chi connectivity index (χ0v) is 7.51. The second kappa shape index (κ2) is 2.56. The maximum absolute atomic E-state index is 10.6. The highest BCUT2D eigenvalue weighted by Gasteiger charge is 2.52. The van der Waals surface area contributed by atoms with E-state index in [1.807, 2.05) is 0 Å². The van der Waals surface area contributed by atoms with Crippen LogP contribution in [0.25, 0.3) is 0 Å². The van der Waals surface area contributed by atoms with Crippen LogP contribution in [0.1, 0.15) is 44.9 Å². The normalized spacial score (nSPS) is 31.1. The van der Waals surface area contributed by atoms with E-state index in [4.69, 9.17) is 5.73 Å². The molecule has 0 aliphatic heterocycles. The van der Waals surface area contributed by atoms with Gasteiger partial charge in [0, 0.05) is 0 Å². The number of rotatable bonds is 1. The van der Waals surface area contributed by atoms with E-state index in [0.717, 1.165) is 19.1 Å². The number of hydrogen-bond acceptors (Lipinski definition) is 2. The minimum Gasteiger partial charge on any atom is -0.319 e. The third-order valence-electron chi connectivity index (χ3n) is 3.56. The van der Waals surface area contributed by atoms with Gasteiger partial charge in [-0.15, -0.1) is 0 Å². The van der Waals surface area contributed by atoms with Crippen molar-refractivity contribution in [2.45, 2.75) is 50.5 Å². The van der Waals surface area contributed by atoms with Gasteiger partial charge in [-0.05, 0) is 31.1 Å². The number of carbonyl (C=O) groups excluding carboxylic acids is 1. The maximum Gasteiger partial charge on any atom is 0.139 e. The van der Waals surface area contributed by atoms with Crippen LogP contribution in [-0.4, -0.2) is 11.8 Å². The summed E-state index contributed by atoms with van der Waals surface area (Å²) >= 11 is 0. The average molecular weight is 167 g/mol. The van der Waals surface area contributed by atoms with Gasteiger partial charge in [-0.1, -0.05) is 19.3 Å². The highest BCUT2D eigenvalue weighted by atomic mass is 16.1. The number of nitrogens with two attached hydrogens (primary N) is 1. The van der Waals surface area contributed by atoms with Gasteiger partial charge < -0.3 is 10.5 Å². The third-order valence-corrected chi connectivity index (χ3v) is 3.56. The van der Waals surface area contributed by atoms with Crippen LogP contribution in [0.2, 0.25) is 0 Å². The molecule has 2 N–H and O–H groups in total. The lowest BCUT2D eigenvalue weighted by Crippen LogP contribution is -2.59. The Kier molecular flexibility index (Phi) is 1.76. The highest BCUT2D eigenvalue weighted by molar-refractivity contribution is 5.66. The first-order chi connectivity index (χ1) is 5.68. The van der Waals surface area contributed by atoms with E-state index in [1.54, 1.807) is 0 Å². The summed E-state index contributed by atoms with van der Waals surface area (Å²) in [6.07, 6.45) is 9.52. The lowest BCUT2D eigenvalue weighted by atomic mass is 9.53. The fourth-order valence-corrected chi connectivity index (χ4v) is 3.08. The summed E-state index contributed by atoms with van der Waals surface area (Å²) in [4.78, 5) is 10.6. The van der Waals surface area contributed by atoms with E-state index in [2.05, 4.69) is 0 Å². The number of hydrogen-bond donors (Lipinski definition) is 1. The van der Waals surface area contributed by atoms with Crippen molar-refractivity contribution in [1.82, 2.24) is 0 Å². The van der Waals surface area contributed by atoms with E-state index in [1.165, 1.54) is 32.1 Å². The minimum atomic E-state index is -0.447. The number of aldehydes is 1. The zero-order valence-electron chi connectivity index (χ0n) is 7.51. The summed E-state index contributed by atoms with van der Waals surface area (Å²) in [6, 6.07) is 0. The molecule has 0 radical (unpaired) electrons. The molecule has 2 nitrogen and oxygen atoms in total. The molecule has 2 fully saturated rings. The largest absolute Gasteiger partial charge is 0.319 e. The Bertz CT molecular complexity index is 186. The van der Waals surface area contributed by atoms with E-state index >= 15 is 0 Å². The van der Waals surface area contributed by atoms with E-state index in [9.17, 15) is 4.79 Å². The highest BCUT2D eigenvalue weighted by Crippen LogP contribution is 2.54. The monoisotopic (exact) mass is 167 g/mol. The van der Waals surface area contributed by atoms with Gasteiger partial charge in [-0.2, -0.15) is 0 Å². The molecule has 0 amide bonds. The van der Waals surface area contributed by atoms with Gasteiger partial charge in [0.15, 0.2) is 0 Å². The van der Waals surface area contributed by atoms with E-state index in [0.29, 0.717) is 5.41 Å². The Morgan fingerprint density at radius 1 is 1.08 bits per heavy atom. The predicted molar refractivity (Wildman–Crippen MR) is 47.7 cm³/mol. The van der Waals surface area contributed by atoms with Crippen LogP contribution in [0.4, 0.5) is 0 Å². The lowest BCUT2D eigenvalue weighted by molar-refractivity contribution is -0.122. The molecule has 2 heteroatoms. The van der Waals surface area contributed by atoms with Gasteiger partial charge in [0.25, 0.3) is 0 Å². The molecule has 2 aliphatic rings. The molecule has 0 atom stereocenters. The van der Waals surface area contributed by atoms with Gasteiger partial charge in [0.2, 0.25) is 0 Å². The molecule has 0 heterocycles. The first-order valence-corrected chi connectivity index (χ1v) is 4.93. The van der Waals surface area contributed by atoms with E-state index in [-0.39, 0.29) is 0 Å². The summed E-state index contributed by atoms with van der Waals surface area (Å²) in [5.41, 5.74) is 5.87. The van der Waals surface area contributed by atoms with Crippen molar-refractivity contribution in [2.24, 2.45) is 11.1 Å². The Morgan fingerprint density at radius 2 is 1.67 bits per heavy atom. The van der Waals surface area contributed by atoms with Crippen LogP contribution in [0, 0.1) is 5.41 Å². The fourth-order valence-electron chi connectivity index (χ4n) is 3.08. The molecule has 2 rings (SSSR count). The van der Waals surface area contributed by atoms with Crippen LogP contribution >= 0.6 is 0 Å². The molecule has 0 aromatic rings. The van der Waals surface area contributed by atoms with Crippen molar-refractivity contribution in [1.29, 1.82) is 0 Å². The SMILES string of the molecule is NC1(C=O)CC2(CCCCC2)C1.